The van der Waals surface area contributed by atoms with E-state index in [1.165, 1.54) is 7.11 Å². The second-order valence-corrected chi connectivity index (χ2v) is 1.63. The maximum Gasteiger partial charge on any atom is 0.247 e. The first-order valence-electron chi connectivity index (χ1n) is 2.65. The Morgan fingerprint density at radius 1 is 1.70 bits per heavy atom. The van der Waals surface area contributed by atoms with Gasteiger partial charge < -0.3 is 10.5 Å². The zero-order chi connectivity index (χ0) is 7.98. The summed E-state index contributed by atoms with van der Waals surface area (Å²) in [7, 11) is 1.42. The maximum absolute atomic E-state index is 10.4. The first-order chi connectivity index (χ1) is 4.72. The Hall–Kier alpha value is -1.16. The van der Waals surface area contributed by atoms with Crippen molar-refractivity contribution < 1.29 is 14.3 Å². The van der Waals surface area contributed by atoms with E-state index < -0.39 is 5.91 Å². The van der Waals surface area contributed by atoms with Crippen LogP contribution in [-0.4, -0.2) is 25.9 Å². The highest BCUT2D eigenvalue weighted by molar-refractivity contribution is 5.95. The van der Waals surface area contributed by atoms with Gasteiger partial charge in [0.25, 0.3) is 0 Å². The van der Waals surface area contributed by atoms with Crippen LogP contribution in [-0.2, 0) is 14.3 Å². The lowest BCUT2D eigenvalue weighted by Crippen LogP contribution is -2.17. The van der Waals surface area contributed by atoms with Crippen molar-refractivity contribution in [3.63, 3.8) is 0 Å². The van der Waals surface area contributed by atoms with Crippen molar-refractivity contribution in [2.75, 3.05) is 13.7 Å². The maximum atomic E-state index is 10.4. The molecule has 10 heavy (non-hydrogen) atoms. The molecule has 0 aliphatic heterocycles. The molecular weight excluding hydrogens is 134 g/mol. The minimum atomic E-state index is -0.631. The zero-order valence-electron chi connectivity index (χ0n) is 5.66. The molecule has 2 N–H and O–H groups in total. The zero-order valence-corrected chi connectivity index (χ0v) is 5.66. The molecule has 0 saturated heterocycles. The number of methoxy groups -OCH3 is 1. The average molecular weight is 143 g/mol. The molecule has 4 nitrogen and oxygen atoms in total. The van der Waals surface area contributed by atoms with Gasteiger partial charge in [0.05, 0.1) is 6.61 Å². The molecule has 0 aromatic rings. The summed E-state index contributed by atoms with van der Waals surface area (Å²) >= 11 is 0. The number of allylic oxidation sites excluding steroid dienone is 1. The van der Waals surface area contributed by atoms with Crippen LogP contribution < -0.4 is 5.73 Å². The van der Waals surface area contributed by atoms with E-state index in [0.29, 0.717) is 6.29 Å². The van der Waals surface area contributed by atoms with Crippen LogP contribution in [0.15, 0.2) is 11.6 Å². The minimum absolute atomic E-state index is 0.0775. The van der Waals surface area contributed by atoms with E-state index in [2.05, 4.69) is 4.74 Å². The van der Waals surface area contributed by atoms with Gasteiger partial charge in [0.1, 0.15) is 6.29 Å². The molecule has 0 heterocycles. The predicted molar refractivity (Wildman–Crippen MR) is 35.2 cm³/mol. The largest absolute Gasteiger partial charge is 0.380 e. The van der Waals surface area contributed by atoms with Gasteiger partial charge in [-0.3, -0.25) is 9.59 Å². The van der Waals surface area contributed by atoms with Crippen LogP contribution in [0.1, 0.15) is 0 Å². The van der Waals surface area contributed by atoms with E-state index in [0.717, 1.165) is 6.08 Å². The summed E-state index contributed by atoms with van der Waals surface area (Å²) < 4.78 is 4.59. The van der Waals surface area contributed by atoms with Crippen molar-refractivity contribution >= 4 is 12.2 Å². The van der Waals surface area contributed by atoms with E-state index >= 15 is 0 Å². The Balaban J connectivity index is 4.11. The van der Waals surface area contributed by atoms with Gasteiger partial charge in [0.2, 0.25) is 5.91 Å². The van der Waals surface area contributed by atoms with Crippen molar-refractivity contribution in [2.24, 2.45) is 5.73 Å². The topological polar surface area (TPSA) is 69.4 Å². The Morgan fingerprint density at radius 2 is 2.30 bits per heavy atom. The molecule has 0 spiro atoms. The molecule has 0 aromatic heterocycles. The SMILES string of the molecule is COCC(=CC=O)C(N)=O. The van der Waals surface area contributed by atoms with Crippen LogP contribution in [0.4, 0.5) is 0 Å². The molecular formula is C6H9NO3. The molecule has 0 unspecified atom stereocenters. The molecule has 4 heteroatoms. The molecule has 0 aromatic carbocycles. The Morgan fingerprint density at radius 3 is 2.60 bits per heavy atom. The smallest absolute Gasteiger partial charge is 0.247 e. The molecule has 0 radical (unpaired) electrons. The van der Waals surface area contributed by atoms with Crippen molar-refractivity contribution in [2.45, 2.75) is 0 Å². The number of rotatable bonds is 4. The van der Waals surface area contributed by atoms with Crippen LogP contribution in [0.2, 0.25) is 0 Å². The fourth-order valence-corrected chi connectivity index (χ4v) is 0.439. The predicted octanol–water partition coefficient (Wildman–Crippen LogP) is -0.757. The second kappa shape index (κ2) is 4.69. The number of primary amides is 1. The number of carbonyl (C=O) groups is 2. The monoisotopic (exact) mass is 143 g/mol. The van der Waals surface area contributed by atoms with E-state index in [1.807, 2.05) is 0 Å². The quantitative estimate of drug-likeness (QED) is 0.415. The highest BCUT2D eigenvalue weighted by atomic mass is 16.5. The van der Waals surface area contributed by atoms with Gasteiger partial charge in [-0.2, -0.15) is 0 Å². The van der Waals surface area contributed by atoms with E-state index in [1.54, 1.807) is 0 Å². The van der Waals surface area contributed by atoms with Gasteiger partial charge in [0, 0.05) is 12.7 Å². The van der Waals surface area contributed by atoms with E-state index in [-0.39, 0.29) is 12.2 Å². The third-order valence-electron chi connectivity index (χ3n) is 0.886. The minimum Gasteiger partial charge on any atom is -0.380 e. The second-order valence-electron chi connectivity index (χ2n) is 1.63. The van der Waals surface area contributed by atoms with E-state index in [9.17, 15) is 9.59 Å². The Kier molecular flexibility index (Phi) is 4.15. The summed E-state index contributed by atoms with van der Waals surface area (Å²) in [4.78, 5) is 20.2. The van der Waals surface area contributed by atoms with Crippen molar-refractivity contribution in [1.82, 2.24) is 0 Å². The molecule has 1 amide bonds. The van der Waals surface area contributed by atoms with Crippen LogP contribution in [0.25, 0.3) is 0 Å². The lowest BCUT2D eigenvalue weighted by atomic mass is 10.2. The standard InChI is InChI=1S/C6H9NO3/c1-10-4-5(2-3-8)6(7)9/h2-3H,4H2,1H3,(H2,7,9). The molecule has 56 valence electrons. The lowest BCUT2D eigenvalue weighted by Gasteiger charge is -1.97. The summed E-state index contributed by atoms with van der Waals surface area (Å²) in [5.41, 5.74) is 5.04. The van der Waals surface area contributed by atoms with Gasteiger partial charge in [-0.25, -0.2) is 0 Å². The van der Waals surface area contributed by atoms with Crippen LogP contribution in [0, 0.1) is 0 Å². The number of carbonyl (C=O) groups excluding carboxylic acids is 2. The summed E-state index contributed by atoms with van der Waals surface area (Å²) in [6.45, 7) is 0.0775. The number of amides is 1. The number of aldehydes is 1. The summed E-state index contributed by atoms with van der Waals surface area (Å²) in [6.07, 6.45) is 1.59. The highest BCUT2D eigenvalue weighted by Crippen LogP contribution is 1.90. The van der Waals surface area contributed by atoms with Crippen LogP contribution in [0.5, 0.6) is 0 Å². The van der Waals surface area contributed by atoms with Crippen LogP contribution in [0.3, 0.4) is 0 Å². The van der Waals surface area contributed by atoms with Gasteiger partial charge in [-0.05, 0) is 6.08 Å². The van der Waals surface area contributed by atoms with Gasteiger partial charge in [-0.1, -0.05) is 0 Å². The summed E-state index contributed by atoms with van der Waals surface area (Å²) in [6, 6.07) is 0. The van der Waals surface area contributed by atoms with Crippen LogP contribution >= 0.6 is 0 Å². The van der Waals surface area contributed by atoms with Gasteiger partial charge in [-0.15, -0.1) is 0 Å². The van der Waals surface area contributed by atoms with Gasteiger partial charge in [0.15, 0.2) is 0 Å². The lowest BCUT2D eigenvalue weighted by molar-refractivity contribution is -0.115. The molecule has 0 atom stereocenters. The average Bonchev–Trinajstić information content (AvgIpc) is 1.87. The third-order valence-corrected chi connectivity index (χ3v) is 0.886. The highest BCUT2D eigenvalue weighted by Gasteiger charge is 2.01. The summed E-state index contributed by atoms with van der Waals surface area (Å²) in [5, 5.41) is 0. The van der Waals surface area contributed by atoms with Gasteiger partial charge >= 0.3 is 0 Å². The Labute approximate surface area is 58.7 Å². The first kappa shape index (κ1) is 8.84. The van der Waals surface area contributed by atoms with Crippen molar-refractivity contribution in [1.29, 1.82) is 0 Å². The number of ether oxygens (including phenoxy) is 1. The number of nitrogens with two attached hydrogens (primary N) is 1. The van der Waals surface area contributed by atoms with Crippen molar-refractivity contribution in [3.8, 4) is 0 Å². The molecule has 0 aliphatic carbocycles. The molecule has 0 fully saturated rings. The molecule has 0 rings (SSSR count). The first-order valence-corrected chi connectivity index (χ1v) is 2.65. The third kappa shape index (κ3) is 2.99. The molecule has 0 saturated carbocycles. The normalized spacial score (nSPS) is 11.1. The fraction of sp³-hybridized carbons (Fsp3) is 0.333. The fourth-order valence-electron chi connectivity index (χ4n) is 0.439. The Bertz CT molecular complexity index is 162. The van der Waals surface area contributed by atoms with Crippen molar-refractivity contribution in [3.05, 3.63) is 11.6 Å². The molecule has 0 bridgehead atoms. The molecule has 0 aliphatic rings. The van der Waals surface area contributed by atoms with E-state index in [4.69, 9.17) is 5.73 Å². The number of hydrogen-bond donors (Lipinski definition) is 1. The number of hydrogen-bond acceptors (Lipinski definition) is 3. The summed E-state index contributed by atoms with van der Waals surface area (Å²) in [5.74, 6) is -0.631.